The molecule has 6 nitrogen and oxygen atoms in total. The van der Waals surface area contributed by atoms with Crippen molar-refractivity contribution < 1.29 is 9.90 Å². The Bertz CT molecular complexity index is 826. The molecular formula is C20H27N3O3. The zero-order valence-electron chi connectivity index (χ0n) is 15.7. The molecule has 0 radical (unpaired) electrons. The Morgan fingerprint density at radius 3 is 2.73 bits per heavy atom. The average molecular weight is 357 g/mol. The van der Waals surface area contributed by atoms with Crippen molar-refractivity contribution in [1.29, 1.82) is 0 Å². The van der Waals surface area contributed by atoms with Crippen LogP contribution in [0, 0.1) is 11.8 Å². The van der Waals surface area contributed by atoms with Crippen molar-refractivity contribution in [1.82, 2.24) is 14.4 Å². The molecule has 1 fully saturated rings. The molecule has 0 spiro atoms. The molecule has 140 valence electrons. The highest BCUT2D eigenvalue weighted by molar-refractivity contribution is 5.80. The molecule has 4 atom stereocenters. The minimum absolute atomic E-state index is 0.00286. The van der Waals surface area contributed by atoms with Crippen molar-refractivity contribution in [2.45, 2.75) is 37.9 Å². The number of amides is 1. The van der Waals surface area contributed by atoms with Crippen LogP contribution in [0.2, 0.25) is 0 Å². The second-order valence-electron chi connectivity index (χ2n) is 7.99. The molecule has 3 heterocycles. The van der Waals surface area contributed by atoms with Crippen molar-refractivity contribution in [2.24, 2.45) is 11.8 Å². The number of aromatic nitrogens is 1. The first-order chi connectivity index (χ1) is 12.5. The lowest BCUT2D eigenvalue weighted by Crippen LogP contribution is -2.45. The van der Waals surface area contributed by atoms with Crippen LogP contribution in [0.15, 0.2) is 23.0 Å². The second kappa shape index (κ2) is 6.35. The van der Waals surface area contributed by atoms with Gasteiger partial charge in [-0.2, -0.15) is 0 Å². The smallest absolute Gasteiger partial charge is 0.258 e. The fraction of sp³-hybridized carbons (Fsp3) is 0.600. The van der Waals surface area contributed by atoms with Gasteiger partial charge < -0.3 is 14.6 Å². The summed E-state index contributed by atoms with van der Waals surface area (Å²) in [7, 11) is 5.51. The molecule has 4 rings (SSSR count). The summed E-state index contributed by atoms with van der Waals surface area (Å²) < 4.78 is 1.86. The number of hydrogen-bond acceptors (Lipinski definition) is 4. The third-order valence-electron chi connectivity index (χ3n) is 6.46. The molecular weight excluding hydrogens is 330 g/mol. The van der Waals surface area contributed by atoms with Gasteiger partial charge in [-0.05, 0) is 44.0 Å². The highest BCUT2D eigenvalue weighted by Crippen LogP contribution is 2.47. The Balaban J connectivity index is 1.83. The fourth-order valence-corrected chi connectivity index (χ4v) is 5.13. The van der Waals surface area contributed by atoms with Gasteiger partial charge in [-0.1, -0.05) is 6.08 Å². The lowest BCUT2D eigenvalue weighted by atomic mass is 9.86. The number of nitrogens with zero attached hydrogens (tertiary/aromatic N) is 3. The molecule has 2 aliphatic heterocycles. The second-order valence-corrected chi connectivity index (χ2v) is 7.99. The van der Waals surface area contributed by atoms with E-state index < -0.39 is 0 Å². The number of fused-ring (bicyclic) bond motifs is 4. The van der Waals surface area contributed by atoms with Crippen molar-refractivity contribution >= 4 is 11.5 Å². The standard InChI is InChI=1S/C20H27N3O3/c1-21(2)20(26)17-14(11-24)16-10-23-15(18(17)22(16)3)9-8-13(19(23)25)12-6-4-5-7-12/h6,8-9,14,16-18,24H,4-5,7,10-11H2,1-3H3/t14-,16-,17+,18+/m1/s1. The van der Waals surface area contributed by atoms with Gasteiger partial charge in [-0.15, -0.1) is 0 Å². The Morgan fingerprint density at radius 2 is 2.12 bits per heavy atom. The summed E-state index contributed by atoms with van der Waals surface area (Å²) in [6, 6.07) is 3.78. The predicted octanol–water partition coefficient (Wildman–Crippen LogP) is 1.10. The van der Waals surface area contributed by atoms with Crippen LogP contribution < -0.4 is 5.56 Å². The first-order valence-electron chi connectivity index (χ1n) is 9.42. The van der Waals surface area contributed by atoms with Crippen LogP contribution in [0.5, 0.6) is 0 Å². The molecule has 1 amide bonds. The normalized spacial score (nSPS) is 30.2. The molecule has 3 aliphatic rings. The van der Waals surface area contributed by atoms with Gasteiger partial charge in [0.15, 0.2) is 0 Å². The molecule has 0 aromatic carbocycles. The molecule has 1 saturated heterocycles. The molecule has 1 aromatic heterocycles. The molecule has 6 heteroatoms. The summed E-state index contributed by atoms with van der Waals surface area (Å²) in [6.45, 7) is 0.487. The molecule has 1 aliphatic carbocycles. The van der Waals surface area contributed by atoms with E-state index in [0.29, 0.717) is 6.54 Å². The molecule has 1 N–H and O–H groups in total. The van der Waals surface area contributed by atoms with E-state index in [1.165, 1.54) is 0 Å². The third kappa shape index (κ3) is 2.39. The monoisotopic (exact) mass is 357 g/mol. The van der Waals surface area contributed by atoms with Crippen LogP contribution in [0.4, 0.5) is 0 Å². The minimum Gasteiger partial charge on any atom is -0.396 e. The van der Waals surface area contributed by atoms with E-state index in [1.807, 2.05) is 23.7 Å². The van der Waals surface area contributed by atoms with Crippen molar-refractivity contribution in [3.8, 4) is 0 Å². The third-order valence-corrected chi connectivity index (χ3v) is 6.46. The predicted molar refractivity (Wildman–Crippen MR) is 99.6 cm³/mol. The van der Waals surface area contributed by atoms with Crippen LogP contribution >= 0.6 is 0 Å². The van der Waals surface area contributed by atoms with Gasteiger partial charge in [0.2, 0.25) is 5.91 Å². The summed E-state index contributed by atoms with van der Waals surface area (Å²) in [5.74, 6) is -0.463. The number of hydrogen-bond donors (Lipinski definition) is 1. The SMILES string of the molecule is CN(C)C(=O)[C@H]1[C@H](CO)[C@H]2Cn3c(ccc(C4=CCCC4)c3=O)[C@@H]1N2C. The van der Waals surface area contributed by atoms with E-state index in [0.717, 1.165) is 36.1 Å². The highest BCUT2D eigenvalue weighted by Gasteiger charge is 2.54. The number of likely N-dealkylation sites (N-methyl/N-ethyl adjacent to an activating group) is 1. The fourth-order valence-electron chi connectivity index (χ4n) is 5.13. The summed E-state index contributed by atoms with van der Waals surface area (Å²) in [4.78, 5) is 29.8. The lowest BCUT2D eigenvalue weighted by molar-refractivity contribution is -0.135. The zero-order chi connectivity index (χ0) is 18.6. The van der Waals surface area contributed by atoms with Crippen molar-refractivity contribution in [3.05, 3.63) is 39.8 Å². The van der Waals surface area contributed by atoms with Crippen LogP contribution in [-0.4, -0.2) is 59.2 Å². The number of pyridine rings is 1. The Labute approximate surface area is 153 Å². The number of aliphatic hydroxyl groups excluding tert-OH is 1. The minimum atomic E-state index is -0.324. The topological polar surface area (TPSA) is 65.8 Å². The van der Waals surface area contributed by atoms with Crippen molar-refractivity contribution in [2.75, 3.05) is 27.7 Å². The van der Waals surface area contributed by atoms with Gasteiger partial charge in [0, 0.05) is 50.5 Å². The van der Waals surface area contributed by atoms with Gasteiger partial charge in [0.05, 0.1) is 12.0 Å². The molecule has 1 aromatic rings. The highest BCUT2D eigenvalue weighted by atomic mass is 16.3. The van der Waals surface area contributed by atoms with Gasteiger partial charge in [-0.25, -0.2) is 0 Å². The Kier molecular flexibility index (Phi) is 4.28. The number of carbonyl (C=O) groups excluding carboxylic acids is 1. The number of carbonyl (C=O) groups is 1. The van der Waals surface area contributed by atoms with Crippen LogP contribution in [0.25, 0.3) is 5.57 Å². The first-order valence-corrected chi connectivity index (χ1v) is 9.42. The summed E-state index contributed by atoms with van der Waals surface area (Å²) >= 11 is 0. The lowest BCUT2D eigenvalue weighted by Gasteiger charge is -2.35. The first kappa shape index (κ1) is 17.5. The summed E-state index contributed by atoms with van der Waals surface area (Å²) in [6.07, 6.45) is 5.28. The Morgan fingerprint density at radius 1 is 1.35 bits per heavy atom. The van der Waals surface area contributed by atoms with E-state index >= 15 is 0 Å². The van der Waals surface area contributed by atoms with Crippen molar-refractivity contribution in [3.63, 3.8) is 0 Å². The maximum Gasteiger partial charge on any atom is 0.258 e. The van der Waals surface area contributed by atoms with Gasteiger partial charge in [-0.3, -0.25) is 14.5 Å². The van der Waals surface area contributed by atoms with E-state index in [-0.39, 0.29) is 42.0 Å². The Hall–Kier alpha value is -1.92. The van der Waals surface area contributed by atoms with Gasteiger partial charge in [0.1, 0.15) is 0 Å². The molecule has 0 saturated carbocycles. The zero-order valence-corrected chi connectivity index (χ0v) is 15.7. The van der Waals surface area contributed by atoms with Crippen LogP contribution in [0.3, 0.4) is 0 Å². The van der Waals surface area contributed by atoms with Gasteiger partial charge >= 0.3 is 0 Å². The molecule has 2 bridgehead atoms. The van der Waals surface area contributed by atoms with Gasteiger partial charge in [0.25, 0.3) is 5.56 Å². The summed E-state index contributed by atoms with van der Waals surface area (Å²) in [5.41, 5.74) is 2.89. The summed E-state index contributed by atoms with van der Waals surface area (Å²) in [5, 5.41) is 10.0. The maximum absolute atomic E-state index is 13.2. The van der Waals surface area contributed by atoms with E-state index in [9.17, 15) is 14.7 Å². The van der Waals surface area contributed by atoms with E-state index in [4.69, 9.17) is 0 Å². The number of aliphatic hydroxyl groups is 1. The van der Waals surface area contributed by atoms with Crippen LogP contribution in [0.1, 0.15) is 36.6 Å². The number of allylic oxidation sites excluding steroid dienone is 2. The largest absolute Gasteiger partial charge is 0.396 e. The van der Waals surface area contributed by atoms with Crippen LogP contribution in [-0.2, 0) is 11.3 Å². The molecule has 26 heavy (non-hydrogen) atoms. The average Bonchev–Trinajstić information content (AvgIpc) is 3.19. The van der Waals surface area contributed by atoms with E-state index in [1.54, 1.807) is 19.0 Å². The number of rotatable bonds is 3. The molecule has 0 unspecified atom stereocenters. The maximum atomic E-state index is 13.2. The van der Waals surface area contributed by atoms with E-state index in [2.05, 4.69) is 11.0 Å². The quantitative estimate of drug-likeness (QED) is 0.880.